The summed E-state index contributed by atoms with van der Waals surface area (Å²) in [5.41, 5.74) is 0.413. The number of anilines is 1. The Hall–Kier alpha value is -1.82. The van der Waals surface area contributed by atoms with Crippen LogP contribution in [0.25, 0.3) is 0 Å². The van der Waals surface area contributed by atoms with E-state index in [0.29, 0.717) is 24.0 Å². The van der Waals surface area contributed by atoms with Crippen LogP contribution in [0.2, 0.25) is 0 Å². The number of hydrogen-bond acceptors (Lipinski definition) is 3. The van der Waals surface area contributed by atoms with Gasteiger partial charge in [0, 0.05) is 19.7 Å². The maximum Gasteiger partial charge on any atom is 0.321 e. The van der Waals surface area contributed by atoms with E-state index in [1.165, 1.54) is 23.1 Å². The van der Waals surface area contributed by atoms with Gasteiger partial charge < -0.3 is 20.1 Å². The SMILES string of the molecule is CCOc1cc(F)ccc1NC(=O)N(C)CC(O)C1CC1. The van der Waals surface area contributed by atoms with Crippen molar-refractivity contribution in [2.45, 2.75) is 25.9 Å². The molecule has 2 amide bonds. The average Bonchev–Trinajstić information content (AvgIpc) is 3.26. The number of aliphatic hydroxyl groups is 1. The Morgan fingerprint density at radius 3 is 2.90 bits per heavy atom. The van der Waals surface area contributed by atoms with Crippen LogP contribution in [-0.2, 0) is 0 Å². The molecule has 0 saturated heterocycles. The number of likely N-dealkylation sites (N-methyl/N-ethyl adjacent to an activating group) is 1. The molecule has 0 aromatic heterocycles. The van der Waals surface area contributed by atoms with Crippen LogP contribution in [-0.4, -0.2) is 42.3 Å². The summed E-state index contributed by atoms with van der Waals surface area (Å²) in [6, 6.07) is 3.60. The molecule has 6 heteroatoms. The lowest BCUT2D eigenvalue weighted by Crippen LogP contribution is -2.38. The fourth-order valence-corrected chi connectivity index (χ4v) is 2.08. The van der Waals surface area contributed by atoms with E-state index in [4.69, 9.17) is 4.74 Å². The fourth-order valence-electron chi connectivity index (χ4n) is 2.08. The minimum atomic E-state index is -0.486. The van der Waals surface area contributed by atoms with E-state index < -0.39 is 11.9 Å². The molecule has 2 rings (SSSR count). The van der Waals surface area contributed by atoms with Crippen molar-refractivity contribution in [3.8, 4) is 5.75 Å². The van der Waals surface area contributed by atoms with Crippen LogP contribution in [0.4, 0.5) is 14.9 Å². The topological polar surface area (TPSA) is 61.8 Å². The van der Waals surface area contributed by atoms with E-state index >= 15 is 0 Å². The summed E-state index contributed by atoms with van der Waals surface area (Å²) < 4.78 is 18.5. The van der Waals surface area contributed by atoms with Gasteiger partial charge in [0.2, 0.25) is 0 Å². The predicted molar refractivity (Wildman–Crippen MR) is 77.9 cm³/mol. The summed E-state index contributed by atoms with van der Waals surface area (Å²) in [6.45, 7) is 2.44. The minimum Gasteiger partial charge on any atom is -0.492 e. The second kappa shape index (κ2) is 6.76. The summed E-state index contributed by atoms with van der Waals surface area (Å²) in [7, 11) is 1.62. The molecule has 5 nitrogen and oxygen atoms in total. The Balaban J connectivity index is 1.97. The number of carbonyl (C=O) groups is 1. The number of ether oxygens (including phenoxy) is 1. The normalized spacial score (nSPS) is 15.4. The maximum absolute atomic E-state index is 13.2. The van der Waals surface area contributed by atoms with Crippen molar-refractivity contribution < 1.29 is 19.0 Å². The first kappa shape index (κ1) is 15.6. The summed E-state index contributed by atoms with van der Waals surface area (Å²) in [5.74, 6) is 0.181. The van der Waals surface area contributed by atoms with Gasteiger partial charge >= 0.3 is 6.03 Å². The number of nitrogens with zero attached hydrogens (tertiary/aromatic N) is 1. The van der Waals surface area contributed by atoms with Gasteiger partial charge in [-0.15, -0.1) is 0 Å². The number of carbonyl (C=O) groups excluding carboxylic acids is 1. The lowest BCUT2D eigenvalue weighted by Gasteiger charge is -2.22. The Labute approximate surface area is 123 Å². The highest BCUT2D eigenvalue weighted by molar-refractivity contribution is 5.90. The van der Waals surface area contributed by atoms with E-state index in [2.05, 4.69) is 5.32 Å². The molecule has 116 valence electrons. The van der Waals surface area contributed by atoms with Crippen LogP contribution in [0.5, 0.6) is 5.75 Å². The monoisotopic (exact) mass is 296 g/mol. The van der Waals surface area contributed by atoms with Crippen molar-refractivity contribution >= 4 is 11.7 Å². The molecule has 2 N–H and O–H groups in total. The molecular formula is C15H21FN2O3. The number of amides is 2. The van der Waals surface area contributed by atoms with Gasteiger partial charge in [-0.05, 0) is 37.8 Å². The highest BCUT2D eigenvalue weighted by atomic mass is 19.1. The van der Waals surface area contributed by atoms with Crippen LogP contribution >= 0.6 is 0 Å². The summed E-state index contributed by atoms with van der Waals surface area (Å²) in [6.07, 6.45) is 1.55. The van der Waals surface area contributed by atoms with E-state index in [0.717, 1.165) is 12.8 Å². The predicted octanol–water partition coefficient (Wildman–Crippen LogP) is 2.46. The molecule has 0 spiro atoms. The zero-order chi connectivity index (χ0) is 15.4. The zero-order valence-electron chi connectivity index (χ0n) is 12.3. The molecule has 0 heterocycles. The van der Waals surface area contributed by atoms with Crippen molar-refractivity contribution in [2.75, 3.05) is 25.5 Å². The van der Waals surface area contributed by atoms with Crippen molar-refractivity contribution in [3.05, 3.63) is 24.0 Å². The third-order valence-electron chi connectivity index (χ3n) is 3.46. The van der Waals surface area contributed by atoms with E-state index in [9.17, 15) is 14.3 Å². The highest BCUT2D eigenvalue weighted by Crippen LogP contribution is 2.33. The largest absolute Gasteiger partial charge is 0.492 e. The van der Waals surface area contributed by atoms with Gasteiger partial charge in [-0.25, -0.2) is 9.18 Å². The lowest BCUT2D eigenvalue weighted by molar-refractivity contribution is 0.117. The van der Waals surface area contributed by atoms with Gasteiger partial charge in [0.25, 0.3) is 0 Å². The first-order chi connectivity index (χ1) is 10.0. The first-order valence-electron chi connectivity index (χ1n) is 7.13. The number of urea groups is 1. The lowest BCUT2D eigenvalue weighted by atomic mass is 10.2. The van der Waals surface area contributed by atoms with Crippen molar-refractivity contribution in [1.29, 1.82) is 0 Å². The molecule has 1 aromatic rings. The number of halogens is 1. The number of hydrogen-bond donors (Lipinski definition) is 2. The second-order valence-electron chi connectivity index (χ2n) is 5.29. The number of nitrogens with one attached hydrogen (secondary N) is 1. The van der Waals surface area contributed by atoms with E-state index in [1.54, 1.807) is 14.0 Å². The van der Waals surface area contributed by atoms with Crippen LogP contribution < -0.4 is 10.1 Å². The number of rotatable bonds is 6. The van der Waals surface area contributed by atoms with Crippen molar-refractivity contribution in [2.24, 2.45) is 5.92 Å². The van der Waals surface area contributed by atoms with E-state index in [-0.39, 0.29) is 12.6 Å². The van der Waals surface area contributed by atoms with Crippen LogP contribution in [0, 0.1) is 11.7 Å². The summed E-state index contributed by atoms with van der Waals surface area (Å²) >= 11 is 0. The highest BCUT2D eigenvalue weighted by Gasteiger charge is 2.31. The molecular weight excluding hydrogens is 275 g/mol. The molecule has 1 unspecified atom stereocenters. The maximum atomic E-state index is 13.2. The Morgan fingerprint density at radius 1 is 1.57 bits per heavy atom. The molecule has 0 bridgehead atoms. The van der Waals surface area contributed by atoms with Crippen molar-refractivity contribution in [3.63, 3.8) is 0 Å². The fraction of sp³-hybridized carbons (Fsp3) is 0.533. The van der Waals surface area contributed by atoms with Crippen molar-refractivity contribution in [1.82, 2.24) is 4.90 Å². The van der Waals surface area contributed by atoms with Gasteiger partial charge in [-0.1, -0.05) is 0 Å². The number of benzene rings is 1. The first-order valence-corrected chi connectivity index (χ1v) is 7.13. The van der Waals surface area contributed by atoms with Crippen LogP contribution in [0.3, 0.4) is 0 Å². The Kier molecular flexibility index (Phi) is 5.01. The van der Waals surface area contributed by atoms with Gasteiger partial charge in [0.1, 0.15) is 11.6 Å². The van der Waals surface area contributed by atoms with Gasteiger partial charge in [-0.2, -0.15) is 0 Å². The molecule has 1 aromatic carbocycles. The second-order valence-corrected chi connectivity index (χ2v) is 5.29. The molecule has 1 atom stereocenters. The third-order valence-corrected chi connectivity index (χ3v) is 3.46. The zero-order valence-corrected chi connectivity index (χ0v) is 12.3. The van der Waals surface area contributed by atoms with Gasteiger partial charge in [0.05, 0.1) is 18.4 Å². The van der Waals surface area contributed by atoms with Gasteiger partial charge in [0.15, 0.2) is 0 Å². The minimum absolute atomic E-state index is 0.279. The molecule has 0 aliphatic heterocycles. The average molecular weight is 296 g/mol. The summed E-state index contributed by atoms with van der Waals surface area (Å²) in [4.78, 5) is 13.5. The summed E-state index contributed by atoms with van der Waals surface area (Å²) in [5, 5.41) is 12.5. The molecule has 1 saturated carbocycles. The molecule has 21 heavy (non-hydrogen) atoms. The van der Waals surface area contributed by atoms with Gasteiger partial charge in [-0.3, -0.25) is 0 Å². The smallest absolute Gasteiger partial charge is 0.321 e. The third kappa shape index (κ3) is 4.32. The molecule has 1 aliphatic carbocycles. The molecule has 1 aliphatic rings. The standard InChI is InChI=1S/C15H21FN2O3/c1-3-21-14-8-11(16)6-7-12(14)17-15(20)18(2)9-13(19)10-4-5-10/h6-8,10,13,19H,3-5,9H2,1-2H3,(H,17,20). The molecule has 1 fully saturated rings. The quantitative estimate of drug-likeness (QED) is 0.847. The Bertz CT molecular complexity index is 506. The van der Waals surface area contributed by atoms with Crippen LogP contribution in [0.1, 0.15) is 19.8 Å². The number of aliphatic hydroxyl groups excluding tert-OH is 1. The molecule has 0 radical (unpaired) electrons. The Morgan fingerprint density at radius 2 is 2.29 bits per heavy atom. The van der Waals surface area contributed by atoms with Crippen LogP contribution in [0.15, 0.2) is 18.2 Å². The van der Waals surface area contributed by atoms with E-state index in [1.807, 2.05) is 0 Å².